The Balaban J connectivity index is 1.74. The van der Waals surface area contributed by atoms with Gasteiger partial charge in [-0.2, -0.15) is 0 Å². The molecule has 1 aromatic carbocycles. The second kappa shape index (κ2) is 5.07. The van der Waals surface area contributed by atoms with E-state index in [1.54, 1.807) is 5.57 Å². The van der Waals surface area contributed by atoms with Gasteiger partial charge in [-0.25, -0.2) is 8.78 Å². The van der Waals surface area contributed by atoms with Crippen molar-refractivity contribution in [3.8, 4) is 0 Å². The van der Waals surface area contributed by atoms with E-state index in [1.807, 2.05) is 0 Å². The fraction of sp³-hybridized carbons (Fsp3) is 0.529. The lowest BCUT2D eigenvalue weighted by Crippen LogP contribution is -1.98. The third-order valence-electron chi connectivity index (χ3n) is 4.65. The summed E-state index contributed by atoms with van der Waals surface area (Å²) in [7, 11) is 0. The average molecular weight is 262 g/mol. The van der Waals surface area contributed by atoms with Crippen LogP contribution in [-0.2, 0) is 0 Å². The molecule has 0 heterocycles. The zero-order chi connectivity index (χ0) is 13.4. The molecule has 102 valence electrons. The Morgan fingerprint density at radius 1 is 1.11 bits per heavy atom. The smallest absolute Gasteiger partial charge is 0.126 e. The Bertz CT molecular complexity index is 484. The fourth-order valence-electron chi connectivity index (χ4n) is 3.89. The monoisotopic (exact) mass is 262 g/mol. The van der Waals surface area contributed by atoms with Gasteiger partial charge in [-0.3, -0.25) is 0 Å². The molecule has 3 unspecified atom stereocenters. The van der Waals surface area contributed by atoms with Crippen LogP contribution in [0.1, 0.15) is 50.5 Å². The second-order valence-corrected chi connectivity index (χ2v) is 6.07. The largest absolute Gasteiger partial charge is 0.207 e. The van der Waals surface area contributed by atoms with Gasteiger partial charge in [0.1, 0.15) is 11.6 Å². The van der Waals surface area contributed by atoms with Gasteiger partial charge in [-0.05, 0) is 61.1 Å². The first-order chi connectivity index (χ1) is 9.15. The number of halogens is 2. The van der Waals surface area contributed by atoms with Crippen LogP contribution in [0.2, 0.25) is 0 Å². The highest BCUT2D eigenvalue weighted by molar-refractivity contribution is 5.26. The van der Waals surface area contributed by atoms with Crippen LogP contribution in [0.4, 0.5) is 8.78 Å². The Morgan fingerprint density at radius 3 is 2.47 bits per heavy atom. The van der Waals surface area contributed by atoms with Crippen molar-refractivity contribution in [1.82, 2.24) is 0 Å². The maximum Gasteiger partial charge on any atom is 0.126 e. The standard InChI is InChI=1S/C17H20F2/c1-2-3-11-4-12-6-14(7-13(12)5-11)15-8-16(18)10-17(19)9-15/h4,8-10,12-14H,2-3,5-7H2,1H3. The average Bonchev–Trinajstić information content (AvgIpc) is 2.85. The van der Waals surface area contributed by atoms with Crippen molar-refractivity contribution in [3.63, 3.8) is 0 Å². The van der Waals surface area contributed by atoms with Crippen LogP contribution in [0.5, 0.6) is 0 Å². The maximum atomic E-state index is 13.3. The van der Waals surface area contributed by atoms with Gasteiger partial charge in [-0.15, -0.1) is 0 Å². The van der Waals surface area contributed by atoms with E-state index in [0.29, 0.717) is 17.8 Å². The molecule has 1 saturated carbocycles. The highest BCUT2D eigenvalue weighted by atomic mass is 19.1. The normalized spacial score (nSPS) is 29.4. The van der Waals surface area contributed by atoms with E-state index in [4.69, 9.17) is 0 Å². The van der Waals surface area contributed by atoms with E-state index in [9.17, 15) is 8.78 Å². The van der Waals surface area contributed by atoms with E-state index in [1.165, 1.54) is 31.4 Å². The fourth-order valence-corrected chi connectivity index (χ4v) is 3.89. The molecule has 19 heavy (non-hydrogen) atoms. The van der Waals surface area contributed by atoms with E-state index in [0.717, 1.165) is 24.5 Å². The Hall–Kier alpha value is -1.18. The van der Waals surface area contributed by atoms with Crippen molar-refractivity contribution in [1.29, 1.82) is 0 Å². The summed E-state index contributed by atoms with van der Waals surface area (Å²) in [6.07, 6.45) is 8.20. The topological polar surface area (TPSA) is 0 Å². The molecule has 0 radical (unpaired) electrons. The summed E-state index contributed by atoms with van der Waals surface area (Å²) < 4.78 is 26.6. The number of hydrogen-bond donors (Lipinski definition) is 0. The van der Waals surface area contributed by atoms with E-state index in [-0.39, 0.29) is 0 Å². The summed E-state index contributed by atoms with van der Waals surface area (Å²) in [6.45, 7) is 2.22. The van der Waals surface area contributed by atoms with Gasteiger partial charge < -0.3 is 0 Å². The zero-order valence-corrected chi connectivity index (χ0v) is 11.3. The summed E-state index contributed by atoms with van der Waals surface area (Å²) in [5, 5.41) is 0. The summed E-state index contributed by atoms with van der Waals surface area (Å²) in [6, 6.07) is 3.97. The lowest BCUT2D eigenvalue weighted by Gasteiger charge is -2.12. The minimum absolute atomic E-state index is 0.333. The highest BCUT2D eigenvalue weighted by Gasteiger charge is 2.37. The van der Waals surface area contributed by atoms with Crippen molar-refractivity contribution in [3.05, 3.63) is 47.0 Å². The van der Waals surface area contributed by atoms with Crippen molar-refractivity contribution >= 4 is 0 Å². The minimum Gasteiger partial charge on any atom is -0.207 e. The van der Waals surface area contributed by atoms with Gasteiger partial charge in [0.25, 0.3) is 0 Å². The number of hydrogen-bond acceptors (Lipinski definition) is 0. The molecule has 3 rings (SSSR count). The number of fused-ring (bicyclic) bond motifs is 1. The van der Waals surface area contributed by atoms with Crippen LogP contribution >= 0.6 is 0 Å². The van der Waals surface area contributed by atoms with Crippen LogP contribution in [0, 0.1) is 23.5 Å². The predicted octanol–water partition coefficient (Wildman–Crippen LogP) is 5.20. The molecule has 2 aliphatic carbocycles. The third kappa shape index (κ3) is 2.58. The van der Waals surface area contributed by atoms with Crippen LogP contribution in [0.25, 0.3) is 0 Å². The van der Waals surface area contributed by atoms with E-state index < -0.39 is 11.6 Å². The predicted molar refractivity (Wildman–Crippen MR) is 72.9 cm³/mol. The van der Waals surface area contributed by atoms with Gasteiger partial charge in [0, 0.05) is 6.07 Å². The quantitative estimate of drug-likeness (QED) is 0.656. The minimum atomic E-state index is -0.450. The van der Waals surface area contributed by atoms with Gasteiger partial charge in [-0.1, -0.05) is 25.0 Å². The SMILES string of the molecule is CCCC1=CC2CC(c3cc(F)cc(F)c3)CC2C1. The second-order valence-electron chi connectivity index (χ2n) is 6.07. The van der Waals surface area contributed by atoms with E-state index in [2.05, 4.69) is 13.0 Å². The summed E-state index contributed by atoms with van der Waals surface area (Å²) in [4.78, 5) is 0. The highest BCUT2D eigenvalue weighted by Crippen LogP contribution is 2.50. The molecule has 0 amide bonds. The summed E-state index contributed by atoms with van der Waals surface area (Å²) >= 11 is 0. The molecule has 1 fully saturated rings. The first-order valence-corrected chi connectivity index (χ1v) is 7.31. The van der Waals surface area contributed by atoms with E-state index >= 15 is 0 Å². The van der Waals surface area contributed by atoms with Gasteiger partial charge in [0.2, 0.25) is 0 Å². The van der Waals surface area contributed by atoms with Gasteiger partial charge >= 0.3 is 0 Å². The van der Waals surface area contributed by atoms with Crippen LogP contribution in [0.3, 0.4) is 0 Å². The van der Waals surface area contributed by atoms with Crippen molar-refractivity contribution < 1.29 is 8.78 Å². The zero-order valence-electron chi connectivity index (χ0n) is 11.3. The van der Waals surface area contributed by atoms with Crippen LogP contribution < -0.4 is 0 Å². The molecule has 0 aromatic heterocycles. The number of rotatable bonds is 3. The molecule has 0 nitrogen and oxygen atoms in total. The Labute approximate surface area is 113 Å². The lowest BCUT2D eigenvalue weighted by atomic mass is 9.93. The third-order valence-corrected chi connectivity index (χ3v) is 4.65. The summed E-state index contributed by atoms with van der Waals surface area (Å²) in [5.74, 6) is 0.777. The molecule has 0 spiro atoms. The molecular formula is C17H20F2. The van der Waals surface area contributed by atoms with Gasteiger partial charge in [0.15, 0.2) is 0 Å². The molecule has 0 bridgehead atoms. The van der Waals surface area contributed by atoms with Crippen LogP contribution in [0.15, 0.2) is 29.8 Å². The maximum absolute atomic E-state index is 13.3. The number of benzene rings is 1. The van der Waals surface area contributed by atoms with Crippen molar-refractivity contribution in [2.75, 3.05) is 0 Å². The molecule has 1 aromatic rings. The lowest BCUT2D eigenvalue weighted by molar-refractivity contribution is 0.487. The molecule has 3 atom stereocenters. The molecule has 2 aliphatic rings. The Kier molecular flexibility index (Phi) is 3.42. The first-order valence-electron chi connectivity index (χ1n) is 7.31. The Morgan fingerprint density at radius 2 is 1.84 bits per heavy atom. The van der Waals surface area contributed by atoms with Crippen LogP contribution in [-0.4, -0.2) is 0 Å². The molecule has 0 N–H and O–H groups in total. The van der Waals surface area contributed by atoms with Crippen molar-refractivity contribution in [2.45, 2.75) is 44.9 Å². The number of allylic oxidation sites excluding steroid dienone is 2. The summed E-state index contributed by atoms with van der Waals surface area (Å²) in [5.41, 5.74) is 2.44. The van der Waals surface area contributed by atoms with Gasteiger partial charge in [0.05, 0.1) is 0 Å². The molecular weight excluding hydrogens is 242 g/mol. The first kappa shape index (κ1) is 12.8. The molecule has 2 heteroatoms. The molecule has 0 saturated heterocycles. The molecule has 0 aliphatic heterocycles. The van der Waals surface area contributed by atoms with Crippen molar-refractivity contribution in [2.24, 2.45) is 11.8 Å².